The minimum atomic E-state index is -0.0750. The molecule has 1 fully saturated rings. The van der Waals surface area contributed by atoms with Crippen LogP contribution in [0.3, 0.4) is 0 Å². The number of thiocarbonyl (C=S) groups is 1. The van der Waals surface area contributed by atoms with E-state index in [0.717, 1.165) is 22.0 Å². The van der Waals surface area contributed by atoms with Gasteiger partial charge in [0.05, 0.1) is 17.7 Å². The van der Waals surface area contributed by atoms with E-state index >= 15 is 0 Å². The quantitative estimate of drug-likeness (QED) is 0.626. The normalized spacial score (nSPS) is 16.6. The van der Waals surface area contributed by atoms with Crippen molar-refractivity contribution >= 4 is 51.6 Å². The van der Waals surface area contributed by atoms with E-state index < -0.39 is 0 Å². The van der Waals surface area contributed by atoms with Gasteiger partial charge in [0.2, 0.25) is 0 Å². The van der Waals surface area contributed by atoms with Crippen molar-refractivity contribution in [3.8, 4) is 16.3 Å². The van der Waals surface area contributed by atoms with Crippen molar-refractivity contribution in [1.82, 2.24) is 9.88 Å². The van der Waals surface area contributed by atoms with E-state index in [-0.39, 0.29) is 5.91 Å². The molecule has 0 unspecified atom stereocenters. The molecule has 0 N–H and O–H groups in total. The molecule has 1 aromatic heterocycles. The lowest BCUT2D eigenvalue weighted by atomic mass is 10.2. The first-order valence-corrected chi connectivity index (χ1v) is 8.50. The fraction of sp³-hybridized carbons (Fsp3) is 0.133. The standard InChI is InChI=1S/C15H12N2O2S3/c1-17-14(18)12(22-15(17)20)7-10-8-21-13(16-10)9-3-5-11(19-2)6-4-9/h3-8H,1-2H3/b12-7-. The van der Waals surface area contributed by atoms with Crippen molar-refractivity contribution in [2.45, 2.75) is 0 Å². The Balaban J connectivity index is 1.85. The van der Waals surface area contributed by atoms with E-state index in [4.69, 9.17) is 17.0 Å². The third-order valence-corrected chi connectivity index (χ3v) is 5.52. The zero-order valence-corrected chi connectivity index (χ0v) is 14.3. The first-order chi connectivity index (χ1) is 10.6. The van der Waals surface area contributed by atoms with Crippen molar-refractivity contribution in [2.24, 2.45) is 0 Å². The number of thioether (sulfide) groups is 1. The van der Waals surface area contributed by atoms with Gasteiger partial charge in [-0.05, 0) is 30.3 Å². The van der Waals surface area contributed by atoms with Crippen molar-refractivity contribution < 1.29 is 9.53 Å². The number of thiazole rings is 1. The Morgan fingerprint density at radius 1 is 1.32 bits per heavy atom. The summed E-state index contributed by atoms with van der Waals surface area (Å²) in [6, 6.07) is 7.73. The number of aromatic nitrogens is 1. The lowest BCUT2D eigenvalue weighted by Gasteiger charge is -2.03. The number of carbonyl (C=O) groups is 1. The topological polar surface area (TPSA) is 42.4 Å². The molecule has 1 amide bonds. The number of carbonyl (C=O) groups excluding carboxylic acids is 1. The van der Waals surface area contributed by atoms with Gasteiger partial charge < -0.3 is 4.74 Å². The van der Waals surface area contributed by atoms with Gasteiger partial charge in [0.15, 0.2) is 0 Å². The first-order valence-electron chi connectivity index (χ1n) is 6.40. The van der Waals surface area contributed by atoms with E-state index in [1.54, 1.807) is 20.2 Å². The van der Waals surface area contributed by atoms with Crippen molar-refractivity contribution in [3.63, 3.8) is 0 Å². The van der Waals surface area contributed by atoms with Gasteiger partial charge in [-0.1, -0.05) is 24.0 Å². The van der Waals surface area contributed by atoms with Gasteiger partial charge in [-0.15, -0.1) is 11.3 Å². The predicted octanol–water partition coefficient (Wildman–Crippen LogP) is 3.65. The fourth-order valence-corrected chi connectivity index (χ4v) is 3.85. The number of hydrogen-bond donors (Lipinski definition) is 0. The highest BCUT2D eigenvalue weighted by Crippen LogP contribution is 2.32. The summed E-state index contributed by atoms with van der Waals surface area (Å²) in [4.78, 5) is 18.6. The molecule has 0 spiro atoms. The maximum Gasteiger partial charge on any atom is 0.265 e. The summed E-state index contributed by atoms with van der Waals surface area (Å²) in [6.07, 6.45) is 1.78. The number of rotatable bonds is 3. The monoisotopic (exact) mass is 348 g/mol. The lowest BCUT2D eigenvalue weighted by Crippen LogP contribution is -2.22. The second kappa shape index (κ2) is 6.20. The maximum absolute atomic E-state index is 12.0. The SMILES string of the molecule is COc1ccc(-c2nc(/C=C3\SC(=S)N(C)C3=O)cs2)cc1. The predicted molar refractivity (Wildman–Crippen MR) is 95.0 cm³/mol. The molecular weight excluding hydrogens is 336 g/mol. The first kappa shape index (κ1) is 15.2. The van der Waals surface area contributed by atoms with Gasteiger partial charge in [0, 0.05) is 18.0 Å². The zero-order chi connectivity index (χ0) is 15.7. The molecule has 0 radical (unpaired) electrons. The minimum absolute atomic E-state index is 0.0750. The van der Waals surface area contributed by atoms with Crippen LogP contribution in [-0.2, 0) is 4.79 Å². The zero-order valence-electron chi connectivity index (χ0n) is 11.9. The van der Waals surface area contributed by atoms with E-state index in [2.05, 4.69) is 4.98 Å². The summed E-state index contributed by atoms with van der Waals surface area (Å²) < 4.78 is 5.72. The Morgan fingerprint density at radius 3 is 2.64 bits per heavy atom. The smallest absolute Gasteiger partial charge is 0.265 e. The second-order valence-corrected chi connectivity index (χ2v) is 7.08. The number of nitrogens with zero attached hydrogens (tertiary/aromatic N) is 2. The molecule has 0 atom stereocenters. The van der Waals surface area contributed by atoms with Crippen LogP contribution in [0.5, 0.6) is 5.75 Å². The van der Waals surface area contributed by atoms with Crippen LogP contribution in [0, 0.1) is 0 Å². The average Bonchev–Trinajstić information content (AvgIpc) is 3.09. The Hall–Kier alpha value is -1.70. The van der Waals surface area contributed by atoms with Gasteiger partial charge in [0.1, 0.15) is 15.1 Å². The summed E-state index contributed by atoms with van der Waals surface area (Å²) in [5.74, 6) is 0.737. The van der Waals surface area contributed by atoms with Crippen LogP contribution < -0.4 is 4.74 Å². The molecule has 22 heavy (non-hydrogen) atoms. The van der Waals surface area contributed by atoms with Crippen molar-refractivity contribution in [1.29, 1.82) is 0 Å². The largest absolute Gasteiger partial charge is 0.497 e. The van der Waals surface area contributed by atoms with Crippen LogP contribution in [0.15, 0.2) is 34.6 Å². The summed E-state index contributed by atoms with van der Waals surface area (Å²) in [5, 5.41) is 2.84. The Kier molecular flexibility index (Phi) is 4.28. The van der Waals surface area contributed by atoms with Gasteiger partial charge in [-0.3, -0.25) is 9.69 Å². The van der Waals surface area contributed by atoms with Gasteiger partial charge in [-0.25, -0.2) is 4.98 Å². The highest BCUT2D eigenvalue weighted by atomic mass is 32.2. The molecule has 1 saturated heterocycles. The molecular formula is C15H12N2O2S3. The second-order valence-electron chi connectivity index (χ2n) is 4.55. The number of amides is 1. The number of likely N-dealkylation sites (N-methyl/N-ethyl adjacent to an activating group) is 1. The summed E-state index contributed by atoms with van der Waals surface area (Å²) >= 11 is 7.96. The molecule has 1 aliphatic rings. The third-order valence-electron chi connectivity index (χ3n) is 3.12. The number of methoxy groups -OCH3 is 1. The van der Waals surface area contributed by atoms with E-state index in [9.17, 15) is 4.79 Å². The van der Waals surface area contributed by atoms with Gasteiger partial charge in [-0.2, -0.15) is 0 Å². The molecule has 2 aromatic rings. The van der Waals surface area contributed by atoms with Crippen LogP contribution in [0.25, 0.3) is 16.6 Å². The molecule has 7 heteroatoms. The fourth-order valence-electron chi connectivity index (χ4n) is 1.90. The average molecular weight is 348 g/mol. The highest BCUT2D eigenvalue weighted by molar-refractivity contribution is 8.26. The maximum atomic E-state index is 12.0. The van der Waals surface area contributed by atoms with E-state index in [1.165, 1.54) is 28.0 Å². The summed E-state index contributed by atoms with van der Waals surface area (Å²) in [6.45, 7) is 0. The Morgan fingerprint density at radius 2 is 2.05 bits per heavy atom. The van der Waals surface area contributed by atoms with Crippen molar-refractivity contribution in [3.05, 3.63) is 40.2 Å². The molecule has 0 bridgehead atoms. The van der Waals surface area contributed by atoms with Crippen LogP contribution in [0.2, 0.25) is 0 Å². The van der Waals surface area contributed by atoms with Crippen molar-refractivity contribution in [2.75, 3.05) is 14.2 Å². The number of hydrogen-bond acceptors (Lipinski definition) is 6. The molecule has 0 saturated carbocycles. The van der Waals surface area contributed by atoms with E-state index in [0.29, 0.717) is 9.23 Å². The van der Waals surface area contributed by atoms with Gasteiger partial charge >= 0.3 is 0 Å². The molecule has 4 nitrogen and oxygen atoms in total. The van der Waals surface area contributed by atoms with Crippen LogP contribution >= 0.6 is 35.3 Å². The lowest BCUT2D eigenvalue weighted by molar-refractivity contribution is -0.121. The molecule has 3 rings (SSSR count). The summed E-state index contributed by atoms with van der Waals surface area (Å²) in [7, 11) is 3.32. The Labute approximate surface area is 141 Å². The molecule has 1 aliphatic heterocycles. The van der Waals surface area contributed by atoms with Crippen LogP contribution in [0.1, 0.15) is 5.69 Å². The minimum Gasteiger partial charge on any atom is -0.497 e. The number of benzene rings is 1. The number of ether oxygens (including phenoxy) is 1. The van der Waals surface area contributed by atoms with Crippen LogP contribution in [0.4, 0.5) is 0 Å². The Bertz CT molecular complexity index is 765. The molecule has 112 valence electrons. The summed E-state index contributed by atoms with van der Waals surface area (Å²) in [5.41, 5.74) is 1.79. The molecule has 1 aromatic carbocycles. The van der Waals surface area contributed by atoms with Gasteiger partial charge in [0.25, 0.3) is 5.91 Å². The molecule has 0 aliphatic carbocycles. The molecule has 2 heterocycles. The highest BCUT2D eigenvalue weighted by Gasteiger charge is 2.28. The van der Waals surface area contributed by atoms with Crippen LogP contribution in [-0.4, -0.2) is 34.3 Å². The third kappa shape index (κ3) is 2.92. The van der Waals surface area contributed by atoms with E-state index in [1.807, 2.05) is 29.6 Å².